The number of carbonyl (C=O) groups excluding carboxylic acids is 4. The van der Waals surface area contributed by atoms with E-state index in [2.05, 4.69) is 5.32 Å². The van der Waals surface area contributed by atoms with Crippen molar-refractivity contribution in [1.29, 1.82) is 0 Å². The molecule has 3 aliphatic carbocycles. The molecule has 0 bridgehead atoms. The second-order valence-corrected chi connectivity index (χ2v) is 12.4. The summed E-state index contributed by atoms with van der Waals surface area (Å²) >= 11 is 6.50. The molecule has 0 spiro atoms. The van der Waals surface area contributed by atoms with Crippen LogP contribution in [0.5, 0.6) is 5.75 Å². The number of aliphatic hydroxyl groups excluding tert-OH is 2. The van der Waals surface area contributed by atoms with Crippen molar-refractivity contribution in [2.24, 2.45) is 17.6 Å². The molecule has 0 saturated carbocycles. The molecule has 5 rings (SSSR count). The van der Waals surface area contributed by atoms with Gasteiger partial charge in [-0.05, 0) is 64.6 Å². The summed E-state index contributed by atoms with van der Waals surface area (Å²) in [7, 11) is 6.18. The summed E-state index contributed by atoms with van der Waals surface area (Å²) in [6.45, 7) is 0. The van der Waals surface area contributed by atoms with Crippen molar-refractivity contribution < 1.29 is 44.0 Å². The number of nitrogens with two attached hydrogens (primary N) is 1. The van der Waals surface area contributed by atoms with E-state index in [4.69, 9.17) is 17.3 Å². The maximum Gasteiger partial charge on any atom is 0.255 e. The number of fused-ring (bicyclic) bond motifs is 3. The molecule has 45 heavy (non-hydrogen) atoms. The Hall–Kier alpha value is -4.30. The second kappa shape index (κ2) is 11.2. The van der Waals surface area contributed by atoms with Gasteiger partial charge in [0.1, 0.15) is 34.6 Å². The highest BCUT2D eigenvalue weighted by molar-refractivity contribution is 6.35. The molecule has 0 saturated heterocycles. The number of rotatable bonds is 6. The van der Waals surface area contributed by atoms with Gasteiger partial charge in [0.15, 0.2) is 17.1 Å². The van der Waals surface area contributed by atoms with E-state index >= 15 is 0 Å². The van der Waals surface area contributed by atoms with E-state index in [-0.39, 0.29) is 45.8 Å². The fraction of sp³-hybridized carbons (Fsp3) is 0.355. The van der Waals surface area contributed by atoms with Gasteiger partial charge in [-0.25, -0.2) is 4.39 Å². The minimum absolute atomic E-state index is 0.0194. The first-order valence-electron chi connectivity index (χ1n) is 13.9. The number of anilines is 1. The summed E-state index contributed by atoms with van der Waals surface area (Å²) in [4.78, 5) is 55.9. The number of phenolic OH excluding ortho intramolecular Hbond substituents is 1. The normalized spacial score (nSPS) is 25.2. The number of allylic oxidation sites excluding steroid dienone is 1. The van der Waals surface area contributed by atoms with Gasteiger partial charge in [0, 0.05) is 17.1 Å². The Morgan fingerprint density at radius 2 is 1.78 bits per heavy atom. The van der Waals surface area contributed by atoms with E-state index in [9.17, 15) is 44.0 Å². The lowest BCUT2D eigenvalue weighted by Crippen LogP contribution is -2.63. The number of phenols is 1. The number of ketones is 2. The van der Waals surface area contributed by atoms with Gasteiger partial charge in [0.25, 0.3) is 5.91 Å². The first-order valence-corrected chi connectivity index (χ1v) is 14.3. The number of hydrogen-bond acceptors (Lipinski definition) is 10. The first-order chi connectivity index (χ1) is 21.0. The largest absolute Gasteiger partial charge is 0.510 e. The van der Waals surface area contributed by atoms with Crippen molar-refractivity contribution in [3.05, 3.63) is 80.5 Å². The van der Waals surface area contributed by atoms with E-state index < -0.39 is 81.6 Å². The van der Waals surface area contributed by atoms with Crippen LogP contribution in [-0.4, -0.2) is 93.4 Å². The molecule has 2 amide bonds. The summed E-state index contributed by atoms with van der Waals surface area (Å²) in [5.74, 6) is -9.40. The van der Waals surface area contributed by atoms with Crippen LogP contribution in [-0.2, 0) is 20.8 Å². The fourth-order valence-corrected chi connectivity index (χ4v) is 7.20. The molecule has 0 aromatic heterocycles. The van der Waals surface area contributed by atoms with Crippen molar-refractivity contribution in [1.82, 2.24) is 9.80 Å². The van der Waals surface area contributed by atoms with Gasteiger partial charge < -0.3 is 31.5 Å². The molecule has 0 aliphatic heterocycles. The van der Waals surface area contributed by atoms with Crippen LogP contribution in [0.3, 0.4) is 0 Å². The lowest BCUT2D eigenvalue weighted by atomic mass is 9.58. The third kappa shape index (κ3) is 4.78. The molecule has 2 aromatic carbocycles. The molecule has 3 aliphatic rings. The number of nitrogens with one attached hydrogen (secondary N) is 1. The number of aromatic hydroxyl groups is 1. The quantitative estimate of drug-likeness (QED) is 0.201. The number of carbonyl (C=O) groups is 4. The van der Waals surface area contributed by atoms with E-state index in [1.165, 1.54) is 48.2 Å². The molecular weight excluding hydrogens is 611 g/mol. The molecular formula is C31H32ClFN4O8. The topological polar surface area (TPSA) is 194 Å². The standard InChI is InChI=1S/C31H32ClFN4O8/c1-36(2)22(14-7-5-6-8-17(14)33)30(44)35-21-16(32)11-13-9-12-10-15-23(37(3)4)26(40)20(29(34)43)28(42)31(15,45)27(41)19(12)24(38)18(13)25(21)39/h5-8,11-12,15,22-23,39-41,45H,9-10H2,1-4H3,(H2,34,43)(H,35,44)/t12?,15?,22?,23-,31?/m0/s1. The van der Waals surface area contributed by atoms with E-state index in [0.717, 1.165) is 0 Å². The summed E-state index contributed by atoms with van der Waals surface area (Å²) < 4.78 is 14.6. The van der Waals surface area contributed by atoms with Crippen molar-refractivity contribution in [3.8, 4) is 5.75 Å². The molecule has 238 valence electrons. The summed E-state index contributed by atoms with van der Waals surface area (Å²) in [6.07, 6.45) is -0.0681. The predicted molar refractivity (Wildman–Crippen MR) is 160 cm³/mol. The lowest BCUT2D eigenvalue weighted by molar-refractivity contribution is -0.148. The van der Waals surface area contributed by atoms with Crippen LogP contribution < -0.4 is 11.1 Å². The number of amides is 2. The zero-order valence-corrected chi connectivity index (χ0v) is 25.5. The Kier molecular flexibility index (Phi) is 8.03. The Morgan fingerprint density at radius 3 is 2.36 bits per heavy atom. The fourth-order valence-electron chi connectivity index (χ4n) is 6.93. The molecule has 0 radical (unpaired) electrons. The highest BCUT2D eigenvalue weighted by atomic mass is 35.5. The van der Waals surface area contributed by atoms with E-state index in [1.807, 2.05) is 0 Å². The van der Waals surface area contributed by atoms with Crippen molar-refractivity contribution in [2.75, 3.05) is 33.5 Å². The van der Waals surface area contributed by atoms with Crippen molar-refractivity contribution in [3.63, 3.8) is 0 Å². The van der Waals surface area contributed by atoms with Crippen LogP contribution in [0, 0.1) is 17.7 Å². The number of aliphatic hydroxyl groups is 3. The zero-order chi connectivity index (χ0) is 33.3. The third-order valence-corrected chi connectivity index (χ3v) is 9.18. The maximum atomic E-state index is 14.6. The highest BCUT2D eigenvalue weighted by Crippen LogP contribution is 2.53. The molecule has 2 aromatic rings. The lowest BCUT2D eigenvalue weighted by Gasteiger charge is -2.50. The molecule has 12 nitrogen and oxygen atoms in total. The Bertz CT molecular complexity index is 1740. The van der Waals surface area contributed by atoms with Crippen LogP contribution in [0.1, 0.15) is 33.9 Å². The zero-order valence-electron chi connectivity index (χ0n) is 24.8. The summed E-state index contributed by atoms with van der Waals surface area (Å²) in [5.41, 5.74) is 0.954. The SMILES string of the molecule is CN(C)C(C(=O)Nc1c(Cl)cc2c(c1O)C(=O)C1=C(O)C3(O)C(=O)C(C(N)=O)=C(O)[C@@H](N(C)C)C3CC1C2)c1ccccc1F. The Balaban J connectivity index is 1.60. The molecule has 0 heterocycles. The molecule has 0 fully saturated rings. The van der Waals surface area contributed by atoms with Gasteiger partial charge in [0.2, 0.25) is 11.7 Å². The van der Waals surface area contributed by atoms with Crippen LogP contribution in [0.2, 0.25) is 5.02 Å². The van der Waals surface area contributed by atoms with Gasteiger partial charge in [-0.2, -0.15) is 0 Å². The van der Waals surface area contributed by atoms with Crippen LogP contribution in [0.4, 0.5) is 10.1 Å². The van der Waals surface area contributed by atoms with Crippen LogP contribution in [0.25, 0.3) is 0 Å². The second-order valence-electron chi connectivity index (χ2n) is 12.0. The number of nitrogens with zero attached hydrogens (tertiary/aromatic N) is 2. The molecule has 5 atom stereocenters. The number of primary amides is 1. The monoisotopic (exact) mass is 642 g/mol. The predicted octanol–water partition coefficient (Wildman–Crippen LogP) is 2.15. The number of hydrogen-bond donors (Lipinski definition) is 6. The van der Waals surface area contributed by atoms with Gasteiger partial charge >= 0.3 is 0 Å². The number of Topliss-reactive ketones (excluding diaryl/α,β-unsaturated/α-hetero) is 2. The van der Waals surface area contributed by atoms with E-state index in [0.29, 0.717) is 0 Å². The van der Waals surface area contributed by atoms with Crippen LogP contribution >= 0.6 is 11.6 Å². The first kappa shape index (κ1) is 32.1. The van der Waals surface area contributed by atoms with Crippen molar-refractivity contribution >= 4 is 40.7 Å². The highest BCUT2D eigenvalue weighted by Gasteiger charge is 2.63. The van der Waals surface area contributed by atoms with Gasteiger partial charge in [-0.15, -0.1) is 0 Å². The summed E-state index contributed by atoms with van der Waals surface area (Å²) in [6, 6.07) is 4.76. The Morgan fingerprint density at radius 1 is 1.13 bits per heavy atom. The smallest absolute Gasteiger partial charge is 0.255 e. The third-order valence-electron chi connectivity index (χ3n) is 8.88. The maximum absolute atomic E-state index is 14.6. The summed E-state index contributed by atoms with van der Waals surface area (Å²) in [5, 5.41) is 47.7. The average Bonchev–Trinajstić information content (AvgIpc) is 2.93. The molecule has 7 N–H and O–H groups in total. The molecule has 14 heteroatoms. The van der Waals surface area contributed by atoms with Crippen molar-refractivity contribution in [2.45, 2.75) is 30.5 Å². The Labute approximate surface area is 262 Å². The van der Waals surface area contributed by atoms with Crippen LogP contribution in [0.15, 0.2) is 53.0 Å². The van der Waals surface area contributed by atoms with E-state index in [1.54, 1.807) is 20.2 Å². The van der Waals surface area contributed by atoms with Gasteiger partial charge in [-0.3, -0.25) is 29.0 Å². The average molecular weight is 643 g/mol. The van der Waals surface area contributed by atoms with Gasteiger partial charge in [0.05, 0.1) is 16.6 Å². The number of halogens is 2. The number of likely N-dealkylation sites (N-methyl/N-ethyl adjacent to an activating group) is 2. The molecule has 4 unspecified atom stereocenters. The number of benzene rings is 2. The minimum atomic E-state index is -2.79. The van der Waals surface area contributed by atoms with Gasteiger partial charge in [-0.1, -0.05) is 29.8 Å². The minimum Gasteiger partial charge on any atom is -0.510 e.